The van der Waals surface area contributed by atoms with Gasteiger partial charge in [0, 0.05) is 49.0 Å². The second kappa shape index (κ2) is 15.1. The highest BCUT2D eigenvalue weighted by molar-refractivity contribution is 7.27. The van der Waals surface area contributed by atoms with Crippen molar-refractivity contribution in [3.63, 3.8) is 0 Å². The molecule has 0 saturated carbocycles. The molecule has 0 aliphatic carbocycles. The predicted octanol–water partition coefficient (Wildman–Crippen LogP) is 6.40. The summed E-state index contributed by atoms with van der Waals surface area (Å²) in [6, 6.07) is 4.94. The van der Waals surface area contributed by atoms with Crippen LogP contribution in [0.3, 0.4) is 0 Å². The number of rotatable bonds is 3. The van der Waals surface area contributed by atoms with Crippen molar-refractivity contribution in [3.05, 3.63) is 69.5 Å². The number of aromatic nitrogens is 4. The molecule has 0 radical (unpaired) electrons. The fourth-order valence-corrected chi connectivity index (χ4v) is 7.03. The van der Waals surface area contributed by atoms with Gasteiger partial charge in [0.1, 0.15) is 17.8 Å². The summed E-state index contributed by atoms with van der Waals surface area (Å²) >= 11 is 6.09. The zero-order valence-corrected chi connectivity index (χ0v) is 30.0. The molecule has 3 aliphatic heterocycles. The number of nitrogens with zero attached hydrogens (tertiary/aromatic N) is 6. The van der Waals surface area contributed by atoms with Crippen LogP contribution >= 0.6 is 20.8 Å². The van der Waals surface area contributed by atoms with Crippen LogP contribution in [0.2, 0.25) is 5.02 Å². The summed E-state index contributed by atoms with van der Waals surface area (Å²) in [5.74, 6) is 0.302. The Kier molecular flexibility index (Phi) is 12.0. The number of benzene rings is 1. The number of amides is 1. The fraction of sp³-hybridized carbons (Fsp3) is 0.588. The molecule has 8 nitrogen and oxygen atoms in total. The Morgan fingerprint density at radius 3 is 2.43 bits per heavy atom. The number of aryl methyl sites for hydroxylation is 2. The molecule has 3 aromatic rings. The first kappa shape index (κ1) is 36.3. The summed E-state index contributed by atoms with van der Waals surface area (Å²) < 4.78 is 34.6. The highest BCUT2D eigenvalue weighted by Crippen LogP contribution is 2.43. The van der Waals surface area contributed by atoms with Gasteiger partial charge in [-0.15, -0.1) is 9.24 Å². The van der Waals surface area contributed by atoms with Gasteiger partial charge < -0.3 is 9.64 Å². The average molecular weight is 677 g/mol. The van der Waals surface area contributed by atoms with Crippen molar-refractivity contribution < 1.29 is 18.3 Å². The molecular formula is C34H48ClF2N6O2P. The summed E-state index contributed by atoms with van der Waals surface area (Å²) in [6.45, 7) is 16.7. The number of pyridine rings is 1. The fourth-order valence-electron chi connectivity index (χ4n) is 6.38. The number of piperidine rings is 2. The van der Waals surface area contributed by atoms with Crippen LogP contribution in [0, 0.1) is 18.6 Å². The molecule has 5 heterocycles. The van der Waals surface area contributed by atoms with Gasteiger partial charge in [-0.2, -0.15) is 5.10 Å². The van der Waals surface area contributed by atoms with E-state index in [9.17, 15) is 13.6 Å². The van der Waals surface area contributed by atoms with Crippen LogP contribution in [-0.4, -0.2) is 67.7 Å². The molecule has 2 fully saturated rings. The summed E-state index contributed by atoms with van der Waals surface area (Å²) in [4.78, 5) is 23.7. The zero-order chi connectivity index (χ0) is 33.8. The van der Waals surface area contributed by atoms with Gasteiger partial charge in [-0.3, -0.25) is 19.4 Å². The van der Waals surface area contributed by atoms with Crippen LogP contribution in [0.4, 0.5) is 8.78 Å². The lowest BCUT2D eigenvalue weighted by Crippen LogP contribution is -2.47. The Morgan fingerprint density at radius 2 is 1.87 bits per heavy atom. The summed E-state index contributed by atoms with van der Waals surface area (Å²) in [5, 5.41) is 5.03. The van der Waals surface area contributed by atoms with E-state index in [1.165, 1.54) is 6.07 Å². The van der Waals surface area contributed by atoms with Crippen LogP contribution in [0.25, 0.3) is 0 Å². The van der Waals surface area contributed by atoms with E-state index in [0.717, 1.165) is 86.6 Å². The van der Waals surface area contributed by atoms with E-state index in [4.69, 9.17) is 16.3 Å². The van der Waals surface area contributed by atoms with Gasteiger partial charge in [0.25, 0.3) is 0 Å². The van der Waals surface area contributed by atoms with E-state index >= 15 is 0 Å². The van der Waals surface area contributed by atoms with Crippen LogP contribution in [0.15, 0.2) is 24.5 Å². The zero-order valence-electron chi connectivity index (χ0n) is 28.1. The smallest absolute Gasteiger partial charge is 0.209 e. The van der Waals surface area contributed by atoms with E-state index in [2.05, 4.69) is 63.8 Å². The molecule has 2 atom stereocenters. The Labute approximate surface area is 279 Å². The maximum Gasteiger partial charge on any atom is 0.209 e. The Morgan fingerprint density at radius 1 is 1.17 bits per heavy atom. The standard InChI is InChI=1S/C15H22F2NP.C13H15ClN2O2.C6H11N3/c1-15(2,3)18-8-4-5-10(9-18)11-6-7-12(16)13(17)14(11)19;1-9-11(14)6-10-7-18-13(12(10)15-9)2-4-16(8-17)5-3-13;1-5(2)6-7-4-8-9(6)3/h6-7,10H,4-5,8-9,19H2,1-3H3;6,8H,2-5,7H2,1H3;4-5H,1-3H3. The first-order valence-corrected chi connectivity index (χ1v) is 16.9. The Hall–Kier alpha value is -2.52. The van der Waals surface area contributed by atoms with Crippen molar-refractivity contribution in [2.24, 2.45) is 7.05 Å². The molecule has 6 rings (SSSR count). The van der Waals surface area contributed by atoms with Gasteiger partial charge in [0.2, 0.25) is 6.41 Å². The average Bonchev–Trinajstić information content (AvgIpc) is 3.60. The molecule has 1 amide bonds. The van der Waals surface area contributed by atoms with Crippen LogP contribution in [0.1, 0.15) is 100 Å². The molecule has 1 aromatic carbocycles. The van der Waals surface area contributed by atoms with Gasteiger partial charge in [0.05, 0.1) is 23.0 Å². The van der Waals surface area contributed by atoms with Crippen LogP contribution in [0.5, 0.6) is 0 Å². The summed E-state index contributed by atoms with van der Waals surface area (Å²) in [5.41, 5.74) is 3.71. The second-order valence-electron chi connectivity index (χ2n) is 13.7. The van der Waals surface area contributed by atoms with E-state index in [1.54, 1.807) is 22.0 Å². The molecule has 2 saturated heterocycles. The number of carbonyl (C=O) groups is 1. The molecule has 0 N–H and O–H groups in total. The Balaban J connectivity index is 0.000000166. The quantitative estimate of drug-likeness (QED) is 0.236. The third-order valence-corrected chi connectivity index (χ3v) is 10.1. The van der Waals surface area contributed by atoms with Crippen molar-refractivity contribution in [2.45, 2.75) is 96.8 Å². The first-order chi connectivity index (χ1) is 21.7. The van der Waals surface area contributed by atoms with Crippen molar-refractivity contribution in [2.75, 3.05) is 26.2 Å². The van der Waals surface area contributed by atoms with Gasteiger partial charge in [-0.25, -0.2) is 13.8 Å². The molecular weight excluding hydrogens is 629 g/mol. The number of likely N-dealkylation sites (tertiary alicyclic amines) is 2. The van der Waals surface area contributed by atoms with E-state index in [-0.39, 0.29) is 17.1 Å². The van der Waals surface area contributed by atoms with Gasteiger partial charge in [-0.05, 0) is 83.5 Å². The van der Waals surface area contributed by atoms with Gasteiger partial charge >= 0.3 is 0 Å². The highest BCUT2D eigenvalue weighted by atomic mass is 35.5. The van der Waals surface area contributed by atoms with Crippen molar-refractivity contribution in [1.82, 2.24) is 29.5 Å². The first-order valence-electron chi connectivity index (χ1n) is 16.0. The van der Waals surface area contributed by atoms with Crippen LogP contribution in [-0.2, 0) is 28.8 Å². The normalized spacial score (nSPS) is 19.3. The lowest BCUT2D eigenvalue weighted by atomic mass is 9.87. The van der Waals surface area contributed by atoms with E-state index in [1.807, 2.05) is 20.0 Å². The number of hydrogen-bond acceptors (Lipinski definition) is 6. The van der Waals surface area contributed by atoms with Gasteiger partial charge in [0.15, 0.2) is 11.6 Å². The molecule has 2 aromatic heterocycles. The minimum atomic E-state index is -0.766. The minimum absolute atomic E-state index is 0.123. The Bertz CT molecular complexity index is 1500. The number of halogens is 3. The molecule has 46 heavy (non-hydrogen) atoms. The predicted molar refractivity (Wildman–Crippen MR) is 181 cm³/mol. The van der Waals surface area contributed by atoms with Crippen molar-refractivity contribution in [1.29, 1.82) is 0 Å². The lowest BCUT2D eigenvalue weighted by molar-refractivity contribution is -0.126. The molecule has 2 unspecified atom stereocenters. The van der Waals surface area contributed by atoms with Gasteiger partial charge in [-0.1, -0.05) is 31.5 Å². The number of ether oxygens (including phenoxy) is 1. The maximum absolute atomic E-state index is 13.7. The summed E-state index contributed by atoms with van der Waals surface area (Å²) in [6.07, 6.45) is 6.25. The number of hydrogen-bond donors (Lipinski definition) is 0. The van der Waals surface area contributed by atoms with Crippen LogP contribution < -0.4 is 5.30 Å². The second-order valence-corrected chi connectivity index (χ2v) is 14.7. The molecule has 3 aliphatic rings. The molecule has 12 heteroatoms. The minimum Gasteiger partial charge on any atom is -0.364 e. The van der Waals surface area contributed by atoms with E-state index < -0.39 is 11.6 Å². The topological polar surface area (TPSA) is 76.4 Å². The third kappa shape index (κ3) is 8.30. The summed E-state index contributed by atoms with van der Waals surface area (Å²) in [7, 11) is 4.26. The van der Waals surface area contributed by atoms with Crippen molar-refractivity contribution >= 4 is 32.6 Å². The number of fused-ring (bicyclic) bond motifs is 2. The highest BCUT2D eigenvalue weighted by Gasteiger charge is 2.44. The monoisotopic (exact) mass is 676 g/mol. The number of carbonyl (C=O) groups excluding carboxylic acids is 1. The lowest BCUT2D eigenvalue weighted by Gasteiger charge is -2.42. The molecule has 252 valence electrons. The molecule has 1 spiro atoms. The largest absolute Gasteiger partial charge is 0.364 e. The third-order valence-electron chi connectivity index (χ3n) is 9.16. The maximum atomic E-state index is 13.7. The SMILES string of the molecule is CC(C)(C)N1CCCC(c2ccc(F)c(F)c2P)C1.CC(C)c1ncnn1C.Cc1nc2c(cc1Cl)COC21CCN(C=O)CC1. The van der Waals surface area contributed by atoms with E-state index in [0.29, 0.717) is 22.9 Å². The molecule has 0 bridgehead atoms. The van der Waals surface area contributed by atoms with Crippen molar-refractivity contribution in [3.8, 4) is 0 Å².